The zero-order valence-electron chi connectivity index (χ0n) is 12.2. The Labute approximate surface area is 135 Å². The summed E-state index contributed by atoms with van der Waals surface area (Å²) < 4.78 is 0. The topological polar surface area (TPSA) is 46.2 Å². The molecule has 0 fully saturated rings. The van der Waals surface area contributed by atoms with E-state index in [2.05, 4.69) is 5.32 Å². The van der Waals surface area contributed by atoms with E-state index in [1.54, 1.807) is 24.3 Å². The van der Waals surface area contributed by atoms with Gasteiger partial charge in [-0.2, -0.15) is 0 Å². The van der Waals surface area contributed by atoms with Gasteiger partial charge in [0.15, 0.2) is 5.78 Å². The fourth-order valence-corrected chi connectivity index (χ4v) is 2.37. The lowest BCUT2D eigenvalue weighted by molar-refractivity contribution is -0.121. The molecule has 3 nitrogen and oxygen atoms in total. The number of hydrogen-bond donors (Lipinski definition) is 1. The molecule has 114 valence electrons. The van der Waals surface area contributed by atoms with Crippen molar-refractivity contribution >= 4 is 23.3 Å². The number of amides is 1. The molecule has 0 aliphatic carbocycles. The van der Waals surface area contributed by atoms with Crippen LogP contribution in [0.25, 0.3) is 0 Å². The molecule has 0 aliphatic heterocycles. The largest absolute Gasteiger partial charge is 0.356 e. The Morgan fingerprint density at radius 1 is 0.909 bits per heavy atom. The van der Waals surface area contributed by atoms with Crippen LogP contribution in [-0.4, -0.2) is 18.2 Å². The maximum absolute atomic E-state index is 12.0. The van der Waals surface area contributed by atoms with Crippen LogP contribution in [0.1, 0.15) is 28.8 Å². The quantitative estimate of drug-likeness (QED) is 0.793. The normalized spacial score (nSPS) is 10.2. The molecule has 0 unspecified atom stereocenters. The molecule has 0 radical (unpaired) electrons. The maximum Gasteiger partial charge on any atom is 0.220 e. The van der Waals surface area contributed by atoms with Crippen LogP contribution in [-0.2, 0) is 11.2 Å². The maximum atomic E-state index is 12.0. The molecule has 0 saturated carbocycles. The van der Waals surface area contributed by atoms with Gasteiger partial charge in [-0.05, 0) is 24.1 Å². The summed E-state index contributed by atoms with van der Waals surface area (Å²) in [6.45, 7) is 0.573. The van der Waals surface area contributed by atoms with Gasteiger partial charge in [0.05, 0.1) is 5.02 Å². The van der Waals surface area contributed by atoms with Crippen molar-refractivity contribution in [1.29, 1.82) is 0 Å². The highest BCUT2D eigenvalue weighted by molar-refractivity contribution is 6.34. The van der Waals surface area contributed by atoms with Crippen LogP contribution in [0.3, 0.4) is 0 Å². The van der Waals surface area contributed by atoms with Gasteiger partial charge < -0.3 is 5.32 Å². The lowest BCUT2D eigenvalue weighted by Gasteiger charge is -2.06. The average molecular weight is 316 g/mol. The molecule has 0 aromatic heterocycles. The Morgan fingerprint density at radius 2 is 1.59 bits per heavy atom. The molecule has 0 aliphatic rings. The highest BCUT2D eigenvalue weighted by atomic mass is 35.5. The summed E-state index contributed by atoms with van der Waals surface area (Å²) in [5.74, 6) is -0.222. The van der Waals surface area contributed by atoms with Crippen LogP contribution in [0.2, 0.25) is 5.02 Å². The summed E-state index contributed by atoms with van der Waals surface area (Å²) in [6.07, 6.45) is 1.13. The number of carbonyl (C=O) groups excluding carboxylic acids is 2. The van der Waals surface area contributed by atoms with Crippen molar-refractivity contribution in [3.8, 4) is 0 Å². The molecule has 2 aromatic rings. The van der Waals surface area contributed by atoms with E-state index in [4.69, 9.17) is 11.6 Å². The van der Waals surface area contributed by atoms with Gasteiger partial charge in [0.1, 0.15) is 0 Å². The first kappa shape index (κ1) is 16.2. The first-order chi connectivity index (χ1) is 10.7. The van der Waals surface area contributed by atoms with Gasteiger partial charge in [0.2, 0.25) is 5.91 Å². The zero-order chi connectivity index (χ0) is 15.8. The van der Waals surface area contributed by atoms with Crippen molar-refractivity contribution < 1.29 is 9.59 Å². The van der Waals surface area contributed by atoms with E-state index in [0.29, 0.717) is 17.1 Å². The third-order valence-corrected chi connectivity index (χ3v) is 3.66. The standard InChI is InChI=1S/C18H18ClNO2/c19-16-9-5-4-8-15(16)17(21)10-11-18(22)20-13-12-14-6-2-1-3-7-14/h1-9H,10-13H2,(H,20,22). The number of benzene rings is 2. The van der Waals surface area contributed by atoms with Crippen LogP contribution in [0, 0.1) is 0 Å². The number of halogens is 1. The molecule has 22 heavy (non-hydrogen) atoms. The van der Waals surface area contributed by atoms with Gasteiger partial charge in [-0.1, -0.05) is 54.1 Å². The third kappa shape index (κ3) is 5.01. The van der Waals surface area contributed by atoms with E-state index >= 15 is 0 Å². The fourth-order valence-electron chi connectivity index (χ4n) is 2.13. The highest BCUT2D eigenvalue weighted by Gasteiger charge is 2.11. The Morgan fingerprint density at radius 3 is 2.32 bits per heavy atom. The van der Waals surface area contributed by atoms with Crippen molar-refractivity contribution in [2.45, 2.75) is 19.3 Å². The molecule has 4 heteroatoms. The minimum Gasteiger partial charge on any atom is -0.356 e. The number of nitrogens with one attached hydrogen (secondary N) is 1. The molecule has 2 aromatic carbocycles. The van der Waals surface area contributed by atoms with Crippen molar-refractivity contribution in [2.24, 2.45) is 0 Å². The first-order valence-corrected chi connectivity index (χ1v) is 7.63. The van der Waals surface area contributed by atoms with Gasteiger partial charge in [-0.15, -0.1) is 0 Å². The number of rotatable bonds is 7. The van der Waals surface area contributed by atoms with Crippen molar-refractivity contribution in [2.75, 3.05) is 6.54 Å². The van der Waals surface area contributed by atoms with Crippen LogP contribution in [0.5, 0.6) is 0 Å². The Bertz CT molecular complexity index is 641. The minimum absolute atomic E-state index is 0.108. The summed E-state index contributed by atoms with van der Waals surface area (Å²) >= 11 is 5.96. The summed E-state index contributed by atoms with van der Waals surface area (Å²) in [5.41, 5.74) is 1.65. The molecule has 1 amide bonds. The van der Waals surface area contributed by atoms with Crippen molar-refractivity contribution in [3.63, 3.8) is 0 Å². The smallest absolute Gasteiger partial charge is 0.220 e. The minimum atomic E-state index is -0.115. The van der Waals surface area contributed by atoms with Crippen molar-refractivity contribution in [3.05, 3.63) is 70.7 Å². The zero-order valence-corrected chi connectivity index (χ0v) is 13.0. The summed E-state index contributed by atoms with van der Waals surface area (Å²) in [7, 11) is 0. The van der Waals surface area contributed by atoms with Gasteiger partial charge >= 0.3 is 0 Å². The summed E-state index contributed by atoms with van der Waals surface area (Å²) in [5, 5.41) is 3.26. The van der Waals surface area contributed by atoms with E-state index in [-0.39, 0.29) is 24.5 Å². The van der Waals surface area contributed by atoms with E-state index in [9.17, 15) is 9.59 Å². The van der Waals surface area contributed by atoms with Crippen LogP contribution >= 0.6 is 11.6 Å². The predicted octanol–water partition coefficient (Wildman–Crippen LogP) is 3.66. The first-order valence-electron chi connectivity index (χ1n) is 7.25. The van der Waals surface area contributed by atoms with Gasteiger partial charge in [0.25, 0.3) is 0 Å². The Hall–Kier alpha value is -2.13. The molecule has 0 bridgehead atoms. The van der Waals surface area contributed by atoms with Crippen LogP contribution in [0.4, 0.5) is 0 Å². The molecule has 0 heterocycles. The second kappa shape index (κ2) is 8.35. The summed E-state index contributed by atoms with van der Waals surface area (Å²) in [4.78, 5) is 23.8. The van der Waals surface area contributed by atoms with Gasteiger partial charge in [-0.3, -0.25) is 9.59 Å². The Kier molecular flexibility index (Phi) is 6.16. The molecule has 2 rings (SSSR count). The lowest BCUT2D eigenvalue weighted by atomic mass is 10.1. The van der Waals surface area contributed by atoms with Crippen molar-refractivity contribution in [1.82, 2.24) is 5.32 Å². The second-order valence-electron chi connectivity index (χ2n) is 4.99. The highest BCUT2D eigenvalue weighted by Crippen LogP contribution is 2.17. The Balaban J connectivity index is 1.72. The molecular weight excluding hydrogens is 298 g/mol. The van der Waals surface area contributed by atoms with Crippen LogP contribution < -0.4 is 5.32 Å². The number of hydrogen-bond acceptors (Lipinski definition) is 2. The fraction of sp³-hybridized carbons (Fsp3) is 0.222. The van der Waals surface area contributed by atoms with E-state index in [1.807, 2.05) is 30.3 Å². The SMILES string of the molecule is O=C(CCC(=O)c1ccccc1Cl)NCCc1ccccc1. The molecule has 1 N–H and O–H groups in total. The molecule has 0 spiro atoms. The van der Waals surface area contributed by atoms with E-state index in [0.717, 1.165) is 6.42 Å². The molecular formula is C18H18ClNO2. The molecule has 0 atom stereocenters. The number of Topliss-reactive ketones (excluding diaryl/α,β-unsaturated/α-hetero) is 1. The molecule has 0 saturated heterocycles. The predicted molar refractivity (Wildman–Crippen MR) is 88.2 cm³/mol. The second-order valence-corrected chi connectivity index (χ2v) is 5.40. The third-order valence-electron chi connectivity index (χ3n) is 3.33. The monoisotopic (exact) mass is 315 g/mol. The van der Waals surface area contributed by atoms with Gasteiger partial charge in [0, 0.05) is 24.9 Å². The van der Waals surface area contributed by atoms with E-state index < -0.39 is 0 Å². The summed E-state index contributed by atoms with van der Waals surface area (Å²) in [6, 6.07) is 16.8. The van der Waals surface area contributed by atoms with Crippen LogP contribution in [0.15, 0.2) is 54.6 Å². The van der Waals surface area contributed by atoms with E-state index in [1.165, 1.54) is 5.56 Å². The lowest BCUT2D eigenvalue weighted by Crippen LogP contribution is -2.26. The average Bonchev–Trinajstić information content (AvgIpc) is 2.54. The number of carbonyl (C=O) groups is 2. The number of ketones is 1. The van der Waals surface area contributed by atoms with Gasteiger partial charge in [-0.25, -0.2) is 0 Å².